The number of hydrogen-bond donors (Lipinski definition) is 2. The van der Waals surface area contributed by atoms with Crippen LogP contribution in [0.4, 0.5) is 0 Å². The van der Waals surface area contributed by atoms with Crippen LogP contribution < -0.4 is 10.6 Å². The van der Waals surface area contributed by atoms with Crippen molar-refractivity contribution in [3.05, 3.63) is 29.8 Å². The molecule has 1 aromatic carbocycles. The molecule has 0 spiro atoms. The Morgan fingerprint density at radius 1 is 1.04 bits per heavy atom. The van der Waals surface area contributed by atoms with E-state index in [1.807, 2.05) is 0 Å². The van der Waals surface area contributed by atoms with Crippen LogP contribution in [0.3, 0.4) is 0 Å². The molecule has 1 rings (SSSR count). The van der Waals surface area contributed by atoms with E-state index in [1.165, 1.54) is 16.9 Å². The van der Waals surface area contributed by atoms with Crippen LogP contribution in [0.2, 0.25) is 0 Å². The molecule has 24 heavy (non-hydrogen) atoms. The van der Waals surface area contributed by atoms with E-state index in [-0.39, 0.29) is 0 Å². The molecule has 1 aromatic rings. The minimum atomic E-state index is 0.638. The smallest absolute Gasteiger partial charge is 0.191 e. The lowest BCUT2D eigenvalue weighted by molar-refractivity contribution is 0.0487. The highest BCUT2D eigenvalue weighted by Gasteiger charge is 1.99. The summed E-state index contributed by atoms with van der Waals surface area (Å²) in [6.45, 7) is 6.40. The summed E-state index contributed by atoms with van der Waals surface area (Å²) in [5, 5.41) is 6.54. The van der Waals surface area contributed by atoms with E-state index in [1.54, 1.807) is 18.8 Å². The number of thioether (sulfide) groups is 1. The quantitative estimate of drug-likeness (QED) is 0.262. The highest BCUT2D eigenvalue weighted by molar-refractivity contribution is 7.98. The van der Waals surface area contributed by atoms with Crippen molar-refractivity contribution in [2.45, 2.75) is 31.2 Å². The SMILES string of the molecule is CCCCOCCOCCNC(=NC)NCc1ccc(SC)cc1. The number of ether oxygens (including phenoxy) is 2. The van der Waals surface area contributed by atoms with Gasteiger partial charge in [-0.2, -0.15) is 0 Å². The highest BCUT2D eigenvalue weighted by atomic mass is 32.2. The van der Waals surface area contributed by atoms with Crippen LogP contribution in [-0.4, -0.2) is 52.2 Å². The van der Waals surface area contributed by atoms with E-state index in [2.05, 4.69) is 53.1 Å². The maximum Gasteiger partial charge on any atom is 0.191 e. The molecule has 0 atom stereocenters. The van der Waals surface area contributed by atoms with Gasteiger partial charge in [-0.1, -0.05) is 25.5 Å². The van der Waals surface area contributed by atoms with Crippen LogP contribution >= 0.6 is 11.8 Å². The molecule has 0 heterocycles. The Morgan fingerprint density at radius 3 is 2.38 bits per heavy atom. The van der Waals surface area contributed by atoms with E-state index >= 15 is 0 Å². The van der Waals surface area contributed by atoms with Crippen molar-refractivity contribution >= 4 is 17.7 Å². The van der Waals surface area contributed by atoms with Gasteiger partial charge < -0.3 is 20.1 Å². The van der Waals surface area contributed by atoms with Crippen LogP contribution in [0.1, 0.15) is 25.3 Å². The van der Waals surface area contributed by atoms with Crippen molar-refractivity contribution in [1.82, 2.24) is 10.6 Å². The molecular weight excluding hydrogens is 322 g/mol. The molecule has 0 saturated heterocycles. The van der Waals surface area contributed by atoms with Gasteiger partial charge in [0.2, 0.25) is 0 Å². The summed E-state index contributed by atoms with van der Waals surface area (Å²) >= 11 is 1.75. The highest BCUT2D eigenvalue weighted by Crippen LogP contribution is 2.14. The molecule has 0 aromatic heterocycles. The molecular formula is C18H31N3O2S. The van der Waals surface area contributed by atoms with E-state index in [0.717, 1.165) is 32.1 Å². The summed E-state index contributed by atoms with van der Waals surface area (Å²) in [5.41, 5.74) is 1.23. The monoisotopic (exact) mass is 353 g/mol. The van der Waals surface area contributed by atoms with Crippen LogP contribution in [0.5, 0.6) is 0 Å². The van der Waals surface area contributed by atoms with Gasteiger partial charge in [0, 0.05) is 31.6 Å². The first-order chi connectivity index (χ1) is 11.8. The summed E-state index contributed by atoms with van der Waals surface area (Å²) in [7, 11) is 1.77. The topological polar surface area (TPSA) is 54.9 Å². The fraction of sp³-hybridized carbons (Fsp3) is 0.611. The number of nitrogens with zero attached hydrogens (tertiary/aromatic N) is 1. The van der Waals surface area contributed by atoms with Crippen LogP contribution in [0, 0.1) is 0 Å². The van der Waals surface area contributed by atoms with E-state index in [0.29, 0.717) is 19.8 Å². The minimum Gasteiger partial charge on any atom is -0.379 e. The predicted molar refractivity (Wildman–Crippen MR) is 103 cm³/mol. The number of unbranched alkanes of at least 4 members (excludes halogenated alkanes) is 1. The Morgan fingerprint density at radius 2 is 1.75 bits per heavy atom. The Kier molecular flexibility index (Phi) is 12.3. The normalized spacial score (nSPS) is 11.5. The van der Waals surface area contributed by atoms with E-state index in [4.69, 9.17) is 9.47 Å². The third-order valence-corrected chi connectivity index (χ3v) is 4.14. The van der Waals surface area contributed by atoms with Crippen molar-refractivity contribution in [3.8, 4) is 0 Å². The zero-order chi connectivity index (χ0) is 17.5. The van der Waals surface area contributed by atoms with Gasteiger partial charge in [0.25, 0.3) is 0 Å². The van der Waals surface area contributed by atoms with Gasteiger partial charge in [-0.05, 0) is 30.4 Å². The molecule has 0 unspecified atom stereocenters. The number of hydrogen-bond acceptors (Lipinski definition) is 4. The molecule has 0 amide bonds. The molecule has 2 N–H and O–H groups in total. The predicted octanol–water partition coefficient (Wildman–Crippen LogP) is 2.91. The zero-order valence-electron chi connectivity index (χ0n) is 15.1. The molecule has 136 valence electrons. The number of benzene rings is 1. The van der Waals surface area contributed by atoms with Gasteiger partial charge in [-0.3, -0.25) is 4.99 Å². The molecule has 0 aliphatic carbocycles. The first-order valence-electron chi connectivity index (χ1n) is 8.53. The Labute approximate surface area is 150 Å². The second-order valence-corrected chi connectivity index (χ2v) is 6.16. The summed E-state index contributed by atoms with van der Waals surface area (Å²) in [5.74, 6) is 0.784. The fourth-order valence-electron chi connectivity index (χ4n) is 1.96. The zero-order valence-corrected chi connectivity index (χ0v) is 16.0. The van der Waals surface area contributed by atoms with Crippen molar-refractivity contribution in [2.75, 3.05) is 46.3 Å². The second-order valence-electron chi connectivity index (χ2n) is 5.28. The molecule has 0 aliphatic heterocycles. The van der Waals surface area contributed by atoms with Gasteiger partial charge in [0.1, 0.15) is 0 Å². The Bertz CT molecular complexity index is 452. The number of nitrogens with one attached hydrogen (secondary N) is 2. The van der Waals surface area contributed by atoms with Crippen molar-refractivity contribution < 1.29 is 9.47 Å². The number of guanidine groups is 1. The van der Waals surface area contributed by atoms with Crippen LogP contribution in [0.15, 0.2) is 34.2 Å². The summed E-state index contributed by atoms with van der Waals surface area (Å²) in [6.07, 6.45) is 4.36. The summed E-state index contributed by atoms with van der Waals surface area (Å²) in [4.78, 5) is 5.49. The Hall–Kier alpha value is -1.24. The molecule has 0 fully saturated rings. The molecule has 0 radical (unpaired) electrons. The summed E-state index contributed by atoms with van der Waals surface area (Å²) in [6, 6.07) is 8.53. The number of rotatable bonds is 12. The first-order valence-corrected chi connectivity index (χ1v) is 9.75. The minimum absolute atomic E-state index is 0.638. The molecule has 0 aliphatic rings. The summed E-state index contributed by atoms with van der Waals surface area (Å²) < 4.78 is 11.0. The van der Waals surface area contributed by atoms with E-state index in [9.17, 15) is 0 Å². The van der Waals surface area contributed by atoms with Gasteiger partial charge in [0.05, 0.1) is 19.8 Å². The Balaban J connectivity index is 2.08. The third-order valence-electron chi connectivity index (χ3n) is 3.40. The molecule has 0 saturated carbocycles. The molecule has 0 bridgehead atoms. The molecule has 6 heteroatoms. The maximum absolute atomic E-state index is 5.52. The lowest BCUT2D eigenvalue weighted by atomic mass is 10.2. The number of aliphatic imine (C=N–C) groups is 1. The van der Waals surface area contributed by atoms with Gasteiger partial charge >= 0.3 is 0 Å². The van der Waals surface area contributed by atoms with Crippen molar-refractivity contribution in [2.24, 2.45) is 4.99 Å². The second kappa shape index (κ2) is 14.1. The van der Waals surface area contributed by atoms with Gasteiger partial charge in [-0.15, -0.1) is 11.8 Å². The lowest BCUT2D eigenvalue weighted by Gasteiger charge is -2.12. The third kappa shape index (κ3) is 9.80. The average Bonchev–Trinajstić information content (AvgIpc) is 2.63. The largest absolute Gasteiger partial charge is 0.379 e. The van der Waals surface area contributed by atoms with Crippen molar-refractivity contribution in [3.63, 3.8) is 0 Å². The van der Waals surface area contributed by atoms with Crippen LogP contribution in [-0.2, 0) is 16.0 Å². The van der Waals surface area contributed by atoms with Crippen molar-refractivity contribution in [1.29, 1.82) is 0 Å². The standard InChI is InChI=1S/C18H31N3O2S/c1-4-5-11-22-13-14-23-12-10-20-18(19-2)21-15-16-6-8-17(24-3)9-7-16/h6-9H,4-5,10-15H2,1-3H3,(H2,19,20,21). The lowest BCUT2D eigenvalue weighted by Crippen LogP contribution is -2.38. The van der Waals surface area contributed by atoms with Crippen LogP contribution in [0.25, 0.3) is 0 Å². The molecule has 5 nitrogen and oxygen atoms in total. The fourth-order valence-corrected chi connectivity index (χ4v) is 2.37. The average molecular weight is 354 g/mol. The van der Waals surface area contributed by atoms with Gasteiger partial charge in [-0.25, -0.2) is 0 Å². The first kappa shape index (κ1) is 20.8. The van der Waals surface area contributed by atoms with Gasteiger partial charge in [0.15, 0.2) is 5.96 Å². The maximum atomic E-state index is 5.52. The van der Waals surface area contributed by atoms with E-state index < -0.39 is 0 Å².